The largest absolute Gasteiger partial charge is 0.343 e. The molecule has 0 bridgehead atoms. The number of rotatable bonds is 19. The van der Waals surface area contributed by atoms with Crippen LogP contribution in [0, 0.1) is 5.92 Å². The van der Waals surface area contributed by atoms with Gasteiger partial charge in [-0.25, -0.2) is 0 Å². The van der Waals surface area contributed by atoms with Crippen molar-refractivity contribution in [3.63, 3.8) is 0 Å². The molecule has 54 heavy (non-hydrogen) atoms. The van der Waals surface area contributed by atoms with E-state index in [0.717, 1.165) is 24.1 Å². The number of carbonyl (C=O) groups excluding carboxylic acids is 5. The summed E-state index contributed by atoms with van der Waals surface area (Å²) < 4.78 is 0. The second-order valence-corrected chi connectivity index (χ2v) is 14.4. The highest BCUT2D eigenvalue weighted by molar-refractivity contribution is 5.96. The van der Waals surface area contributed by atoms with Gasteiger partial charge in [-0.1, -0.05) is 92.7 Å². The van der Waals surface area contributed by atoms with Crippen LogP contribution in [-0.4, -0.2) is 103 Å². The van der Waals surface area contributed by atoms with Crippen molar-refractivity contribution in [3.05, 3.63) is 108 Å². The molecule has 12 nitrogen and oxygen atoms in total. The Morgan fingerprint density at radius 2 is 1.13 bits per heavy atom. The van der Waals surface area contributed by atoms with Gasteiger partial charge in [-0.15, -0.1) is 0 Å². The van der Waals surface area contributed by atoms with Crippen LogP contribution in [0.3, 0.4) is 0 Å². The highest BCUT2D eigenvalue weighted by Crippen LogP contribution is 2.14. The van der Waals surface area contributed by atoms with Gasteiger partial charge < -0.3 is 36.8 Å². The molecular weight excluding hydrogens is 683 g/mol. The molecule has 1 fully saturated rings. The predicted octanol–water partition coefficient (Wildman–Crippen LogP) is 2.67. The molecular formula is C42H57N7O5. The van der Waals surface area contributed by atoms with Gasteiger partial charge in [-0.2, -0.15) is 0 Å². The van der Waals surface area contributed by atoms with E-state index in [1.165, 1.54) is 0 Å². The summed E-state index contributed by atoms with van der Waals surface area (Å²) in [6.07, 6.45) is 2.74. The molecule has 0 radical (unpaired) electrons. The van der Waals surface area contributed by atoms with Crippen molar-refractivity contribution in [2.45, 2.75) is 76.5 Å². The number of nitrogens with zero attached hydrogens (tertiary/aromatic N) is 2. The lowest BCUT2D eigenvalue weighted by atomic mass is 9.99. The fourth-order valence-corrected chi connectivity index (χ4v) is 6.57. The molecule has 1 heterocycles. The van der Waals surface area contributed by atoms with Crippen LogP contribution in [-0.2, 0) is 32.0 Å². The van der Waals surface area contributed by atoms with Crippen molar-refractivity contribution in [1.82, 2.24) is 31.1 Å². The van der Waals surface area contributed by atoms with E-state index in [-0.39, 0.29) is 24.2 Å². The van der Waals surface area contributed by atoms with Crippen LogP contribution in [0.5, 0.6) is 0 Å². The third-order valence-electron chi connectivity index (χ3n) is 9.57. The Bertz CT molecular complexity index is 1630. The van der Waals surface area contributed by atoms with E-state index in [0.29, 0.717) is 57.4 Å². The fourth-order valence-electron chi connectivity index (χ4n) is 6.57. The summed E-state index contributed by atoms with van der Waals surface area (Å²) in [5.74, 6) is -1.72. The van der Waals surface area contributed by atoms with Crippen LogP contribution >= 0.6 is 0 Å². The van der Waals surface area contributed by atoms with Gasteiger partial charge in [0.2, 0.25) is 23.6 Å². The molecule has 1 saturated heterocycles. The first kappa shape index (κ1) is 41.7. The van der Waals surface area contributed by atoms with Gasteiger partial charge in [0.15, 0.2) is 0 Å². The molecule has 0 unspecified atom stereocenters. The summed E-state index contributed by atoms with van der Waals surface area (Å²) in [6, 6.07) is 24.2. The van der Waals surface area contributed by atoms with Gasteiger partial charge in [-0.05, 0) is 74.9 Å². The smallest absolute Gasteiger partial charge is 0.253 e. The number of hydrogen-bond acceptors (Lipinski definition) is 7. The number of piperazine rings is 1. The van der Waals surface area contributed by atoms with Crippen molar-refractivity contribution in [2.24, 2.45) is 11.7 Å². The minimum Gasteiger partial charge on any atom is -0.343 e. The van der Waals surface area contributed by atoms with Crippen LogP contribution in [0.4, 0.5) is 0 Å². The Kier molecular flexibility index (Phi) is 16.7. The number of nitrogens with one attached hydrogen (secondary N) is 4. The molecule has 0 spiro atoms. The van der Waals surface area contributed by atoms with Gasteiger partial charge in [0.05, 0.1) is 6.04 Å². The monoisotopic (exact) mass is 739 g/mol. The second kappa shape index (κ2) is 21.6. The van der Waals surface area contributed by atoms with E-state index in [1.807, 2.05) is 99.8 Å². The van der Waals surface area contributed by atoms with Crippen molar-refractivity contribution in [2.75, 3.05) is 39.8 Å². The summed E-state index contributed by atoms with van der Waals surface area (Å²) in [7, 11) is 1.87. The summed E-state index contributed by atoms with van der Waals surface area (Å²) in [4.78, 5) is 71.8. The average Bonchev–Trinajstić information content (AvgIpc) is 3.18. The normalized spacial score (nSPS) is 15.1. The van der Waals surface area contributed by atoms with Crippen LogP contribution in [0.1, 0.15) is 61.0 Å². The molecule has 0 aromatic heterocycles. The summed E-state index contributed by atoms with van der Waals surface area (Å²) >= 11 is 0. The first-order valence-corrected chi connectivity index (χ1v) is 19.1. The Labute approximate surface area is 319 Å². The third kappa shape index (κ3) is 13.1. The van der Waals surface area contributed by atoms with Gasteiger partial charge in [0.1, 0.15) is 18.1 Å². The SMILES string of the molecule is CNCCCC[C@@H](NC(=O)[C@@H](CC(C)C)NC(=O)[C@@H](Cc1ccccc1)NC(=O)[C@H](N)Cc1ccccc1)C(=O)N1CCN(C(=O)c2ccccc2)CC1. The number of hydrogen-bond donors (Lipinski definition) is 5. The van der Waals surface area contributed by atoms with E-state index in [4.69, 9.17) is 5.73 Å². The molecule has 0 aliphatic carbocycles. The fraction of sp³-hybridized carbons (Fsp3) is 0.452. The number of unbranched alkanes of at least 4 members (excludes halogenated alkanes) is 1. The van der Waals surface area contributed by atoms with Gasteiger partial charge >= 0.3 is 0 Å². The Balaban J connectivity index is 1.46. The molecule has 1 aliphatic heterocycles. The molecule has 3 aromatic rings. The van der Waals surface area contributed by atoms with Crippen LogP contribution in [0.2, 0.25) is 0 Å². The Morgan fingerprint density at radius 3 is 1.70 bits per heavy atom. The maximum atomic E-state index is 14.0. The lowest BCUT2D eigenvalue weighted by molar-refractivity contribution is -0.139. The topological polar surface area (TPSA) is 166 Å². The third-order valence-corrected chi connectivity index (χ3v) is 9.57. The van der Waals surface area contributed by atoms with E-state index in [2.05, 4.69) is 21.3 Å². The Morgan fingerprint density at radius 1 is 0.630 bits per heavy atom. The Hall–Kier alpha value is -5.07. The predicted molar refractivity (Wildman–Crippen MR) is 210 cm³/mol. The molecule has 3 aromatic carbocycles. The van der Waals surface area contributed by atoms with Gasteiger partial charge in [-0.3, -0.25) is 24.0 Å². The lowest BCUT2D eigenvalue weighted by Crippen LogP contribution is -2.60. The quantitative estimate of drug-likeness (QED) is 0.118. The van der Waals surface area contributed by atoms with E-state index in [1.54, 1.807) is 21.9 Å². The molecule has 12 heteroatoms. The van der Waals surface area contributed by atoms with Crippen molar-refractivity contribution in [1.29, 1.82) is 0 Å². The summed E-state index contributed by atoms with van der Waals surface area (Å²) in [5.41, 5.74) is 8.62. The zero-order chi connectivity index (χ0) is 38.9. The number of nitrogens with two attached hydrogens (primary N) is 1. The van der Waals surface area contributed by atoms with E-state index >= 15 is 0 Å². The van der Waals surface area contributed by atoms with Crippen LogP contribution in [0.15, 0.2) is 91.0 Å². The number of amides is 5. The number of benzene rings is 3. The first-order valence-electron chi connectivity index (χ1n) is 19.1. The summed E-state index contributed by atoms with van der Waals surface area (Å²) in [5, 5.41) is 11.9. The summed E-state index contributed by atoms with van der Waals surface area (Å²) in [6.45, 7) is 6.14. The molecule has 1 aliphatic rings. The second-order valence-electron chi connectivity index (χ2n) is 14.4. The number of carbonyl (C=O) groups is 5. The maximum Gasteiger partial charge on any atom is 0.253 e. The lowest BCUT2D eigenvalue weighted by Gasteiger charge is -2.37. The van der Waals surface area contributed by atoms with Gasteiger partial charge in [0.25, 0.3) is 5.91 Å². The highest BCUT2D eigenvalue weighted by atomic mass is 16.2. The molecule has 5 amide bonds. The van der Waals surface area contributed by atoms with E-state index < -0.39 is 41.9 Å². The molecule has 4 atom stereocenters. The van der Waals surface area contributed by atoms with Crippen LogP contribution < -0.4 is 27.0 Å². The minimum atomic E-state index is -1.00. The zero-order valence-electron chi connectivity index (χ0n) is 31.8. The standard InChI is InChI=1S/C42H57N7O5/c1-30(2)27-36(47-40(52)37(29-32-17-9-5-10-18-32)46-38(50)34(43)28-31-15-7-4-8-16-31)39(51)45-35(21-13-14-22-44-3)42(54)49-25-23-48(24-26-49)41(53)33-19-11-6-12-20-33/h4-12,15-20,30,34-37,44H,13-14,21-29,43H2,1-3H3,(H,45,51)(H,46,50)(H,47,52)/t34-,35-,36-,37-/m1/s1. The molecule has 4 rings (SSSR count). The average molecular weight is 740 g/mol. The van der Waals surface area contributed by atoms with Crippen molar-refractivity contribution < 1.29 is 24.0 Å². The minimum absolute atomic E-state index is 0.0301. The van der Waals surface area contributed by atoms with Crippen molar-refractivity contribution >= 4 is 29.5 Å². The molecule has 6 N–H and O–H groups in total. The van der Waals surface area contributed by atoms with E-state index in [9.17, 15) is 24.0 Å². The molecule has 290 valence electrons. The molecule has 0 saturated carbocycles. The van der Waals surface area contributed by atoms with Crippen LogP contribution in [0.25, 0.3) is 0 Å². The first-order chi connectivity index (χ1) is 26.0. The van der Waals surface area contributed by atoms with Crippen molar-refractivity contribution in [3.8, 4) is 0 Å². The maximum absolute atomic E-state index is 14.0. The zero-order valence-corrected chi connectivity index (χ0v) is 31.8. The highest BCUT2D eigenvalue weighted by Gasteiger charge is 2.34. The van der Waals surface area contributed by atoms with Gasteiger partial charge in [0, 0.05) is 38.2 Å².